The van der Waals surface area contributed by atoms with E-state index in [1.54, 1.807) is 18.1 Å². The average Bonchev–Trinajstić information content (AvgIpc) is 2.76. The molecule has 0 aliphatic rings. The van der Waals surface area contributed by atoms with E-state index in [1.807, 2.05) is 60.7 Å². The molecule has 0 N–H and O–H groups in total. The van der Waals surface area contributed by atoms with Crippen molar-refractivity contribution < 1.29 is 9.53 Å². The predicted molar refractivity (Wildman–Crippen MR) is 121 cm³/mol. The Balaban J connectivity index is 1.51. The highest BCUT2D eigenvalue weighted by Gasteiger charge is 2.12. The topological polar surface area (TPSA) is 42.4 Å². The fourth-order valence-corrected chi connectivity index (χ4v) is 3.37. The molecule has 0 unspecified atom stereocenters. The van der Waals surface area contributed by atoms with Gasteiger partial charge in [0, 0.05) is 24.3 Å². The van der Waals surface area contributed by atoms with Gasteiger partial charge >= 0.3 is 0 Å². The van der Waals surface area contributed by atoms with Gasteiger partial charge in [0.15, 0.2) is 0 Å². The zero-order chi connectivity index (χ0) is 21.1. The molecule has 3 aromatic carbocycles. The Morgan fingerprint density at radius 1 is 0.933 bits per heavy atom. The molecular formula is C26H24N2O2. The first-order valence-electron chi connectivity index (χ1n) is 9.95. The molecule has 0 aliphatic heterocycles. The zero-order valence-electron chi connectivity index (χ0n) is 17.4. The number of pyridine rings is 1. The number of nitrogens with zero attached hydrogens (tertiary/aromatic N) is 2. The smallest absolute Gasteiger partial charge is 0.231 e. The van der Waals surface area contributed by atoms with Crippen LogP contribution in [0.2, 0.25) is 0 Å². The lowest BCUT2D eigenvalue weighted by Gasteiger charge is -2.18. The van der Waals surface area contributed by atoms with Gasteiger partial charge in [-0.1, -0.05) is 30.3 Å². The third-order valence-electron chi connectivity index (χ3n) is 5.34. The van der Waals surface area contributed by atoms with Crippen molar-refractivity contribution in [1.29, 1.82) is 0 Å². The minimum absolute atomic E-state index is 0.0424. The average molecular weight is 396 g/mol. The SMILES string of the molecule is Cc1cc2nccc(Oc3ccc(N(C)C(=O)Cc4ccccc4)cc3)c2cc1C. The molecule has 0 saturated carbocycles. The molecule has 1 amide bonds. The van der Waals surface area contributed by atoms with E-state index in [0.29, 0.717) is 12.2 Å². The van der Waals surface area contributed by atoms with Gasteiger partial charge in [-0.25, -0.2) is 0 Å². The summed E-state index contributed by atoms with van der Waals surface area (Å²) in [6.07, 6.45) is 2.13. The molecule has 0 spiro atoms. The second-order valence-corrected chi connectivity index (χ2v) is 7.47. The van der Waals surface area contributed by atoms with E-state index in [2.05, 4.69) is 31.0 Å². The van der Waals surface area contributed by atoms with Gasteiger partial charge < -0.3 is 9.64 Å². The van der Waals surface area contributed by atoms with Crippen molar-refractivity contribution in [2.45, 2.75) is 20.3 Å². The summed E-state index contributed by atoms with van der Waals surface area (Å²) in [4.78, 5) is 18.7. The number of carbonyl (C=O) groups is 1. The van der Waals surface area contributed by atoms with Crippen LogP contribution in [-0.2, 0) is 11.2 Å². The molecule has 150 valence electrons. The molecule has 0 saturated heterocycles. The van der Waals surface area contributed by atoms with Crippen LogP contribution in [0.1, 0.15) is 16.7 Å². The summed E-state index contributed by atoms with van der Waals surface area (Å²) >= 11 is 0. The number of hydrogen-bond acceptors (Lipinski definition) is 3. The highest BCUT2D eigenvalue weighted by atomic mass is 16.5. The minimum atomic E-state index is 0.0424. The zero-order valence-corrected chi connectivity index (χ0v) is 17.4. The molecule has 4 heteroatoms. The maximum atomic E-state index is 12.6. The highest BCUT2D eigenvalue weighted by molar-refractivity contribution is 5.94. The molecule has 4 aromatic rings. The Hall–Kier alpha value is -3.66. The molecule has 0 radical (unpaired) electrons. The lowest BCUT2D eigenvalue weighted by molar-refractivity contribution is -0.117. The molecule has 0 aliphatic carbocycles. The van der Waals surface area contributed by atoms with Crippen LogP contribution in [0, 0.1) is 13.8 Å². The third-order valence-corrected chi connectivity index (χ3v) is 5.34. The number of aromatic nitrogens is 1. The normalized spacial score (nSPS) is 10.8. The van der Waals surface area contributed by atoms with Gasteiger partial charge in [0.1, 0.15) is 11.5 Å². The molecule has 30 heavy (non-hydrogen) atoms. The fraction of sp³-hybridized carbons (Fsp3) is 0.154. The summed E-state index contributed by atoms with van der Waals surface area (Å²) in [5.41, 5.74) is 5.16. The number of likely N-dealkylation sites (N-methyl/N-ethyl adjacent to an activating group) is 1. The first-order valence-corrected chi connectivity index (χ1v) is 9.95. The van der Waals surface area contributed by atoms with Gasteiger partial charge in [-0.3, -0.25) is 9.78 Å². The number of benzene rings is 3. The minimum Gasteiger partial charge on any atom is -0.457 e. The van der Waals surface area contributed by atoms with Crippen LogP contribution in [0.15, 0.2) is 79.0 Å². The van der Waals surface area contributed by atoms with Crippen LogP contribution >= 0.6 is 0 Å². The fourth-order valence-electron chi connectivity index (χ4n) is 3.37. The molecule has 0 bridgehead atoms. The number of anilines is 1. The summed E-state index contributed by atoms with van der Waals surface area (Å²) in [6, 6.07) is 23.4. The van der Waals surface area contributed by atoms with Gasteiger partial charge in [0.05, 0.1) is 11.9 Å². The van der Waals surface area contributed by atoms with Crippen molar-refractivity contribution in [1.82, 2.24) is 4.98 Å². The van der Waals surface area contributed by atoms with Gasteiger partial charge in [0.2, 0.25) is 5.91 Å². The van der Waals surface area contributed by atoms with E-state index in [9.17, 15) is 4.79 Å². The lowest BCUT2D eigenvalue weighted by Crippen LogP contribution is -2.27. The first kappa shape index (κ1) is 19.6. The van der Waals surface area contributed by atoms with E-state index in [1.165, 1.54) is 11.1 Å². The van der Waals surface area contributed by atoms with Crippen molar-refractivity contribution in [3.8, 4) is 11.5 Å². The number of carbonyl (C=O) groups excluding carboxylic acids is 1. The van der Waals surface area contributed by atoms with Crippen molar-refractivity contribution in [3.63, 3.8) is 0 Å². The van der Waals surface area contributed by atoms with Crippen LogP contribution < -0.4 is 9.64 Å². The highest BCUT2D eigenvalue weighted by Crippen LogP contribution is 2.31. The molecule has 0 fully saturated rings. The number of amides is 1. The van der Waals surface area contributed by atoms with Crippen LogP contribution in [0.25, 0.3) is 10.9 Å². The van der Waals surface area contributed by atoms with Gasteiger partial charge in [-0.2, -0.15) is 0 Å². The summed E-state index contributed by atoms with van der Waals surface area (Å²) in [6.45, 7) is 4.17. The van der Waals surface area contributed by atoms with Crippen LogP contribution in [0.3, 0.4) is 0 Å². The number of ether oxygens (including phenoxy) is 1. The van der Waals surface area contributed by atoms with E-state index < -0.39 is 0 Å². The molecule has 4 nitrogen and oxygen atoms in total. The van der Waals surface area contributed by atoms with Crippen molar-refractivity contribution in [3.05, 3.63) is 95.7 Å². The van der Waals surface area contributed by atoms with Crippen molar-refractivity contribution in [2.75, 3.05) is 11.9 Å². The number of rotatable bonds is 5. The molecule has 0 atom stereocenters. The van der Waals surface area contributed by atoms with E-state index in [0.717, 1.165) is 27.9 Å². The van der Waals surface area contributed by atoms with E-state index in [-0.39, 0.29) is 5.91 Å². The second kappa shape index (κ2) is 8.37. The van der Waals surface area contributed by atoms with Gasteiger partial charge in [0.25, 0.3) is 0 Å². The Labute approximate surface area is 176 Å². The largest absolute Gasteiger partial charge is 0.457 e. The number of hydrogen-bond donors (Lipinski definition) is 0. The van der Waals surface area contributed by atoms with Crippen molar-refractivity contribution in [2.24, 2.45) is 0 Å². The predicted octanol–water partition coefficient (Wildman–Crippen LogP) is 5.85. The summed E-state index contributed by atoms with van der Waals surface area (Å²) in [7, 11) is 1.79. The summed E-state index contributed by atoms with van der Waals surface area (Å²) < 4.78 is 6.13. The van der Waals surface area contributed by atoms with Crippen LogP contribution in [0.5, 0.6) is 11.5 Å². The quantitative estimate of drug-likeness (QED) is 0.425. The lowest BCUT2D eigenvalue weighted by atomic mass is 10.1. The Morgan fingerprint density at radius 3 is 2.37 bits per heavy atom. The van der Waals surface area contributed by atoms with E-state index >= 15 is 0 Å². The number of aryl methyl sites for hydroxylation is 2. The molecule has 4 rings (SSSR count). The van der Waals surface area contributed by atoms with Crippen LogP contribution in [0.4, 0.5) is 5.69 Å². The van der Waals surface area contributed by atoms with E-state index in [4.69, 9.17) is 4.74 Å². The van der Waals surface area contributed by atoms with Gasteiger partial charge in [-0.15, -0.1) is 0 Å². The second-order valence-electron chi connectivity index (χ2n) is 7.47. The third kappa shape index (κ3) is 4.18. The van der Waals surface area contributed by atoms with Crippen molar-refractivity contribution >= 4 is 22.5 Å². The molecule has 1 heterocycles. The number of fused-ring (bicyclic) bond motifs is 1. The summed E-state index contributed by atoms with van der Waals surface area (Å²) in [5.74, 6) is 1.53. The Bertz CT molecular complexity index is 1190. The van der Waals surface area contributed by atoms with Gasteiger partial charge in [-0.05, 0) is 73.0 Å². The molecular weight excluding hydrogens is 372 g/mol. The molecule has 1 aromatic heterocycles. The maximum Gasteiger partial charge on any atom is 0.231 e. The standard InChI is InChI=1S/C26H24N2O2/c1-18-15-23-24(16-19(18)2)27-14-13-25(23)30-22-11-9-21(10-12-22)28(3)26(29)17-20-7-5-4-6-8-20/h4-16H,17H2,1-3H3. The Kier molecular flexibility index (Phi) is 5.48. The van der Waals surface area contributed by atoms with Crippen LogP contribution in [-0.4, -0.2) is 17.9 Å². The summed E-state index contributed by atoms with van der Waals surface area (Å²) in [5, 5.41) is 0.986. The Morgan fingerprint density at radius 2 is 1.63 bits per heavy atom. The maximum absolute atomic E-state index is 12.6. The first-order chi connectivity index (χ1) is 14.5. The monoisotopic (exact) mass is 396 g/mol.